The molecule has 5 nitrogen and oxygen atoms in total. The van der Waals surface area contributed by atoms with E-state index in [9.17, 15) is 14.4 Å². The number of allylic oxidation sites excluding steroid dienone is 2. The first kappa shape index (κ1) is 12.8. The lowest BCUT2D eigenvalue weighted by Crippen LogP contribution is -2.38. The molecule has 0 radical (unpaired) electrons. The van der Waals surface area contributed by atoms with Crippen LogP contribution in [0.1, 0.15) is 26.7 Å². The summed E-state index contributed by atoms with van der Waals surface area (Å²) in [6.45, 7) is 3.15. The summed E-state index contributed by atoms with van der Waals surface area (Å²) >= 11 is 0. The van der Waals surface area contributed by atoms with Gasteiger partial charge in [-0.2, -0.15) is 0 Å². The molecule has 0 bridgehead atoms. The highest BCUT2D eigenvalue weighted by atomic mass is 16.5. The minimum Gasteiger partial charge on any atom is -0.461 e. The van der Waals surface area contributed by atoms with Gasteiger partial charge in [0.1, 0.15) is 6.10 Å². The predicted octanol–water partition coefficient (Wildman–Crippen LogP) is 0.889. The van der Waals surface area contributed by atoms with Crippen molar-refractivity contribution in [3.8, 4) is 0 Å². The van der Waals surface area contributed by atoms with Gasteiger partial charge in [-0.05, 0) is 19.8 Å². The van der Waals surface area contributed by atoms with Crippen molar-refractivity contribution in [2.24, 2.45) is 11.8 Å². The molecular weight excluding hydrogens is 234 g/mol. The summed E-state index contributed by atoms with van der Waals surface area (Å²) in [6.07, 6.45) is 4.71. The summed E-state index contributed by atoms with van der Waals surface area (Å²) in [6, 6.07) is 0. The molecule has 1 heterocycles. The number of esters is 1. The van der Waals surface area contributed by atoms with Gasteiger partial charge in [0.25, 0.3) is 0 Å². The summed E-state index contributed by atoms with van der Waals surface area (Å²) in [5.41, 5.74) is 0. The van der Waals surface area contributed by atoms with Crippen LogP contribution in [0.15, 0.2) is 12.2 Å². The summed E-state index contributed by atoms with van der Waals surface area (Å²) in [5, 5.41) is 0. The number of carbonyl (C=O) groups is 3. The van der Waals surface area contributed by atoms with Gasteiger partial charge < -0.3 is 4.74 Å². The Labute approximate surface area is 106 Å². The highest BCUT2D eigenvalue weighted by Crippen LogP contribution is 2.35. The Hall–Kier alpha value is -1.65. The van der Waals surface area contributed by atoms with E-state index in [-0.39, 0.29) is 30.2 Å². The molecule has 1 fully saturated rings. The zero-order valence-corrected chi connectivity index (χ0v) is 10.6. The Bertz CT molecular complexity index is 389. The van der Waals surface area contributed by atoms with Crippen LogP contribution in [0.3, 0.4) is 0 Å². The van der Waals surface area contributed by atoms with Crippen molar-refractivity contribution in [2.75, 3.05) is 6.54 Å². The SMILES string of the molecule is CC(=O)O[C@@H](C)CN1C(=O)[C@H]2CC=CC[C@@H]2C1=O. The van der Waals surface area contributed by atoms with Crippen molar-refractivity contribution >= 4 is 17.8 Å². The number of likely N-dealkylation sites (tertiary alicyclic amines) is 1. The zero-order valence-electron chi connectivity index (χ0n) is 10.6. The van der Waals surface area contributed by atoms with E-state index in [1.54, 1.807) is 6.92 Å². The number of imide groups is 1. The van der Waals surface area contributed by atoms with Gasteiger partial charge in [0.2, 0.25) is 11.8 Å². The van der Waals surface area contributed by atoms with Gasteiger partial charge >= 0.3 is 5.97 Å². The van der Waals surface area contributed by atoms with Crippen LogP contribution >= 0.6 is 0 Å². The molecule has 1 saturated heterocycles. The van der Waals surface area contributed by atoms with Crippen molar-refractivity contribution in [1.82, 2.24) is 4.90 Å². The second kappa shape index (κ2) is 4.92. The maximum absolute atomic E-state index is 12.1. The number of rotatable bonds is 3. The Morgan fingerprint density at radius 1 is 1.33 bits per heavy atom. The zero-order chi connectivity index (χ0) is 13.3. The molecule has 5 heteroatoms. The fraction of sp³-hybridized carbons (Fsp3) is 0.615. The molecule has 2 aliphatic rings. The number of hydrogen-bond acceptors (Lipinski definition) is 4. The standard InChI is InChI=1S/C13H17NO4/c1-8(18-9(2)15)7-14-12(16)10-5-3-4-6-11(10)13(14)17/h3-4,8,10-11H,5-7H2,1-2H3/t8-,10-,11-/m0/s1. The minimum absolute atomic E-state index is 0.131. The second-order valence-corrected chi connectivity index (χ2v) is 4.86. The summed E-state index contributed by atoms with van der Waals surface area (Å²) < 4.78 is 4.96. The topological polar surface area (TPSA) is 63.7 Å². The van der Waals surface area contributed by atoms with Gasteiger partial charge in [0, 0.05) is 6.92 Å². The average molecular weight is 251 g/mol. The van der Waals surface area contributed by atoms with Crippen LogP contribution in [-0.2, 0) is 19.1 Å². The first-order valence-electron chi connectivity index (χ1n) is 6.18. The van der Waals surface area contributed by atoms with Crippen molar-refractivity contribution in [2.45, 2.75) is 32.8 Å². The first-order valence-corrected chi connectivity index (χ1v) is 6.18. The molecule has 1 aliphatic heterocycles. The fourth-order valence-corrected chi connectivity index (χ4v) is 2.63. The van der Waals surface area contributed by atoms with E-state index in [4.69, 9.17) is 4.74 Å². The first-order chi connectivity index (χ1) is 8.50. The summed E-state index contributed by atoms with van der Waals surface area (Å²) in [5.74, 6) is -1.10. The lowest BCUT2D eigenvalue weighted by molar-refractivity contribution is -0.151. The third kappa shape index (κ3) is 2.30. The van der Waals surface area contributed by atoms with Crippen LogP contribution in [0.2, 0.25) is 0 Å². The maximum atomic E-state index is 12.1. The number of fused-ring (bicyclic) bond motifs is 1. The van der Waals surface area contributed by atoms with Gasteiger partial charge in [-0.1, -0.05) is 12.2 Å². The normalized spacial score (nSPS) is 28.2. The third-order valence-corrected chi connectivity index (χ3v) is 3.41. The largest absolute Gasteiger partial charge is 0.461 e. The number of ether oxygens (including phenoxy) is 1. The quantitative estimate of drug-likeness (QED) is 0.424. The number of nitrogens with zero attached hydrogens (tertiary/aromatic N) is 1. The molecule has 0 aromatic carbocycles. The van der Waals surface area contributed by atoms with Crippen molar-refractivity contribution in [3.05, 3.63) is 12.2 Å². The molecule has 3 atom stereocenters. The van der Waals surface area contributed by atoms with E-state index < -0.39 is 12.1 Å². The van der Waals surface area contributed by atoms with Crippen LogP contribution in [0.5, 0.6) is 0 Å². The molecule has 18 heavy (non-hydrogen) atoms. The van der Waals surface area contributed by atoms with E-state index >= 15 is 0 Å². The van der Waals surface area contributed by atoms with E-state index in [2.05, 4.69) is 0 Å². The van der Waals surface area contributed by atoms with Crippen molar-refractivity contribution in [1.29, 1.82) is 0 Å². The fourth-order valence-electron chi connectivity index (χ4n) is 2.63. The smallest absolute Gasteiger partial charge is 0.302 e. The van der Waals surface area contributed by atoms with Gasteiger partial charge in [-0.3, -0.25) is 19.3 Å². The van der Waals surface area contributed by atoms with Crippen LogP contribution in [0.25, 0.3) is 0 Å². The highest BCUT2D eigenvalue weighted by Gasteiger charge is 2.47. The molecule has 0 aromatic heterocycles. The van der Waals surface area contributed by atoms with E-state index in [1.165, 1.54) is 11.8 Å². The van der Waals surface area contributed by atoms with Gasteiger partial charge in [0.15, 0.2) is 0 Å². The minimum atomic E-state index is -0.455. The Kier molecular flexibility index (Phi) is 3.50. The van der Waals surface area contributed by atoms with Crippen LogP contribution in [0, 0.1) is 11.8 Å². The molecule has 1 aliphatic carbocycles. The third-order valence-electron chi connectivity index (χ3n) is 3.41. The molecule has 0 aromatic rings. The Morgan fingerprint density at radius 3 is 2.28 bits per heavy atom. The molecule has 0 unspecified atom stereocenters. The summed E-state index contributed by atoms with van der Waals surface area (Å²) in [4.78, 5) is 36.3. The van der Waals surface area contributed by atoms with Crippen molar-refractivity contribution in [3.63, 3.8) is 0 Å². The number of amides is 2. The maximum Gasteiger partial charge on any atom is 0.302 e. The molecule has 98 valence electrons. The Morgan fingerprint density at radius 2 is 1.83 bits per heavy atom. The average Bonchev–Trinajstić information content (AvgIpc) is 2.54. The number of carbonyl (C=O) groups excluding carboxylic acids is 3. The monoisotopic (exact) mass is 251 g/mol. The lowest BCUT2D eigenvalue weighted by atomic mass is 9.85. The van der Waals surface area contributed by atoms with Crippen LogP contribution in [0.4, 0.5) is 0 Å². The molecule has 0 spiro atoms. The molecule has 2 amide bonds. The van der Waals surface area contributed by atoms with Gasteiger partial charge in [0.05, 0.1) is 18.4 Å². The Balaban J connectivity index is 2.04. The molecule has 2 rings (SSSR count). The van der Waals surface area contributed by atoms with Gasteiger partial charge in [-0.25, -0.2) is 0 Å². The van der Waals surface area contributed by atoms with Gasteiger partial charge in [-0.15, -0.1) is 0 Å². The van der Waals surface area contributed by atoms with Crippen LogP contribution in [-0.4, -0.2) is 35.3 Å². The van der Waals surface area contributed by atoms with E-state index in [1.807, 2.05) is 12.2 Å². The van der Waals surface area contributed by atoms with Crippen molar-refractivity contribution < 1.29 is 19.1 Å². The predicted molar refractivity (Wildman–Crippen MR) is 63.3 cm³/mol. The second-order valence-electron chi connectivity index (χ2n) is 4.86. The lowest BCUT2D eigenvalue weighted by Gasteiger charge is -2.19. The highest BCUT2D eigenvalue weighted by molar-refractivity contribution is 6.05. The van der Waals surface area contributed by atoms with E-state index in [0.717, 1.165) is 0 Å². The molecule has 0 N–H and O–H groups in total. The van der Waals surface area contributed by atoms with Crippen LogP contribution < -0.4 is 0 Å². The molecular formula is C13H17NO4. The van der Waals surface area contributed by atoms with E-state index in [0.29, 0.717) is 12.8 Å². The number of hydrogen-bond donors (Lipinski definition) is 0. The summed E-state index contributed by atoms with van der Waals surface area (Å²) in [7, 11) is 0. The molecule has 0 saturated carbocycles.